The maximum absolute atomic E-state index is 10.4. The fourth-order valence-electron chi connectivity index (χ4n) is 2.00. The van der Waals surface area contributed by atoms with Crippen molar-refractivity contribution in [2.45, 2.75) is 6.92 Å². The Labute approximate surface area is 114 Å². The predicted molar refractivity (Wildman–Crippen MR) is 73.0 cm³/mol. The fraction of sp³-hybridized carbons (Fsp3) is 0.0714. The van der Waals surface area contributed by atoms with E-state index in [2.05, 4.69) is 15.2 Å². The van der Waals surface area contributed by atoms with Crippen molar-refractivity contribution in [2.75, 3.05) is 0 Å². The van der Waals surface area contributed by atoms with Crippen LogP contribution in [0.5, 0.6) is 5.75 Å². The molecule has 6 heteroatoms. The zero-order valence-corrected chi connectivity index (χ0v) is 10.6. The Kier molecular flexibility index (Phi) is 2.78. The van der Waals surface area contributed by atoms with E-state index >= 15 is 0 Å². The molecule has 1 aromatic heterocycles. The number of isocyanates is 1. The van der Waals surface area contributed by atoms with E-state index in [-0.39, 0.29) is 11.4 Å². The topological polar surface area (TPSA) is 80.4 Å². The molecule has 2 aromatic carbocycles. The first-order chi connectivity index (χ1) is 9.69. The van der Waals surface area contributed by atoms with E-state index in [0.717, 1.165) is 5.56 Å². The van der Waals surface area contributed by atoms with Gasteiger partial charge in [-0.1, -0.05) is 12.1 Å². The lowest BCUT2D eigenvalue weighted by atomic mass is 10.2. The zero-order chi connectivity index (χ0) is 14.1. The maximum Gasteiger partial charge on any atom is 0.240 e. The van der Waals surface area contributed by atoms with Crippen LogP contribution in [-0.4, -0.2) is 26.2 Å². The molecular weight excluding hydrogens is 256 g/mol. The van der Waals surface area contributed by atoms with Crippen LogP contribution in [0.2, 0.25) is 0 Å². The van der Waals surface area contributed by atoms with E-state index in [4.69, 9.17) is 0 Å². The number of nitrogens with zero attached hydrogens (tertiary/aromatic N) is 4. The molecule has 0 radical (unpaired) electrons. The molecule has 6 nitrogen and oxygen atoms in total. The summed E-state index contributed by atoms with van der Waals surface area (Å²) in [7, 11) is 0. The van der Waals surface area contributed by atoms with E-state index in [9.17, 15) is 9.90 Å². The number of benzene rings is 2. The molecule has 20 heavy (non-hydrogen) atoms. The Morgan fingerprint density at radius 1 is 1.20 bits per heavy atom. The van der Waals surface area contributed by atoms with E-state index in [1.807, 2.05) is 31.2 Å². The molecule has 3 rings (SSSR count). The second-order valence-corrected chi connectivity index (χ2v) is 4.33. The van der Waals surface area contributed by atoms with E-state index in [1.54, 1.807) is 12.1 Å². The monoisotopic (exact) mass is 266 g/mol. The molecule has 0 unspecified atom stereocenters. The molecular formula is C14H10N4O2. The third kappa shape index (κ3) is 1.94. The van der Waals surface area contributed by atoms with Gasteiger partial charge in [-0.15, -0.1) is 15.0 Å². The van der Waals surface area contributed by atoms with Crippen LogP contribution in [-0.2, 0) is 4.79 Å². The first-order valence-corrected chi connectivity index (χ1v) is 5.93. The SMILES string of the molecule is Cc1cc(N=C=O)c(O)c(-n2nc3ccccc3n2)c1. The van der Waals surface area contributed by atoms with Crippen LogP contribution in [0.3, 0.4) is 0 Å². The van der Waals surface area contributed by atoms with Crippen molar-refractivity contribution in [3.8, 4) is 11.4 Å². The van der Waals surface area contributed by atoms with Gasteiger partial charge in [-0.25, -0.2) is 4.79 Å². The summed E-state index contributed by atoms with van der Waals surface area (Å²) < 4.78 is 0. The van der Waals surface area contributed by atoms with Gasteiger partial charge >= 0.3 is 0 Å². The Balaban J connectivity index is 2.25. The van der Waals surface area contributed by atoms with Gasteiger partial charge in [-0.05, 0) is 36.8 Å². The second kappa shape index (κ2) is 4.60. The van der Waals surface area contributed by atoms with Gasteiger partial charge in [-0.2, -0.15) is 4.99 Å². The average Bonchev–Trinajstić information content (AvgIpc) is 2.86. The molecule has 0 aliphatic heterocycles. The van der Waals surface area contributed by atoms with E-state index in [0.29, 0.717) is 16.7 Å². The molecule has 0 amide bonds. The van der Waals surface area contributed by atoms with Crippen LogP contribution in [0.15, 0.2) is 41.4 Å². The first-order valence-electron chi connectivity index (χ1n) is 5.93. The predicted octanol–water partition coefficient (Wildman–Crippen LogP) is 2.40. The number of phenols is 1. The summed E-state index contributed by atoms with van der Waals surface area (Å²) in [6.07, 6.45) is 1.42. The molecule has 98 valence electrons. The van der Waals surface area contributed by atoms with Crippen LogP contribution in [0.1, 0.15) is 5.56 Å². The minimum absolute atomic E-state index is 0.149. The highest BCUT2D eigenvalue weighted by atomic mass is 16.3. The van der Waals surface area contributed by atoms with E-state index in [1.165, 1.54) is 10.9 Å². The lowest BCUT2D eigenvalue weighted by Gasteiger charge is -2.06. The smallest absolute Gasteiger partial charge is 0.240 e. The molecule has 0 fully saturated rings. The lowest BCUT2D eigenvalue weighted by Crippen LogP contribution is -1.99. The van der Waals surface area contributed by atoms with E-state index < -0.39 is 0 Å². The fourth-order valence-corrected chi connectivity index (χ4v) is 2.00. The Morgan fingerprint density at radius 2 is 1.85 bits per heavy atom. The molecule has 0 aliphatic rings. The highest BCUT2D eigenvalue weighted by Gasteiger charge is 2.13. The Morgan fingerprint density at radius 3 is 2.45 bits per heavy atom. The average molecular weight is 266 g/mol. The molecule has 0 saturated heterocycles. The van der Waals surface area contributed by atoms with Gasteiger partial charge in [0.15, 0.2) is 5.75 Å². The van der Waals surface area contributed by atoms with Crippen molar-refractivity contribution < 1.29 is 9.90 Å². The summed E-state index contributed by atoms with van der Waals surface area (Å²) in [5.74, 6) is -0.153. The minimum atomic E-state index is -0.153. The molecule has 0 saturated carbocycles. The van der Waals surface area contributed by atoms with Crippen molar-refractivity contribution >= 4 is 22.8 Å². The largest absolute Gasteiger partial charge is 0.504 e. The number of hydrogen-bond donors (Lipinski definition) is 1. The van der Waals surface area contributed by atoms with Crippen molar-refractivity contribution in [3.05, 3.63) is 42.0 Å². The van der Waals surface area contributed by atoms with Crippen molar-refractivity contribution in [2.24, 2.45) is 4.99 Å². The zero-order valence-electron chi connectivity index (χ0n) is 10.6. The van der Waals surface area contributed by atoms with Crippen LogP contribution in [0.4, 0.5) is 5.69 Å². The minimum Gasteiger partial charge on any atom is -0.504 e. The molecule has 0 aliphatic carbocycles. The molecule has 0 spiro atoms. The number of aryl methyl sites for hydroxylation is 1. The number of fused-ring (bicyclic) bond motifs is 1. The Hall–Kier alpha value is -2.98. The summed E-state index contributed by atoms with van der Waals surface area (Å²) >= 11 is 0. The van der Waals surface area contributed by atoms with Crippen molar-refractivity contribution in [1.29, 1.82) is 0 Å². The highest BCUT2D eigenvalue weighted by Crippen LogP contribution is 2.33. The van der Waals surface area contributed by atoms with Gasteiger partial charge in [0, 0.05) is 0 Å². The number of carbonyl (C=O) groups excluding carboxylic acids is 1. The summed E-state index contributed by atoms with van der Waals surface area (Å²) in [4.78, 5) is 15.2. The molecule has 0 atom stereocenters. The summed E-state index contributed by atoms with van der Waals surface area (Å²) in [6.45, 7) is 1.83. The lowest BCUT2D eigenvalue weighted by molar-refractivity contribution is 0.469. The summed E-state index contributed by atoms with van der Waals surface area (Å²) in [6, 6.07) is 10.7. The number of aliphatic imine (C=N–C) groups is 1. The normalized spacial score (nSPS) is 10.4. The Bertz CT molecular complexity index is 815. The number of aromatic nitrogens is 3. The van der Waals surface area contributed by atoms with Gasteiger partial charge < -0.3 is 5.11 Å². The third-order valence-corrected chi connectivity index (χ3v) is 2.88. The summed E-state index contributed by atoms with van der Waals surface area (Å²) in [5, 5.41) is 18.7. The van der Waals surface area contributed by atoms with Crippen LogP contribution < -0.4 is 0 Å². The molecule has 1 N–H and O–H groups in total. The summed E-state index contributed by atoms with van der Waals surface area (Å²) in [5.41, 5.74) is 2.78. The molecule has 0 bridgehead atoms. The number of aromatic hydroxyl groups is 1. The van der Waals surface area contributed by atoms with Crippen molar-refractivity contribution in [1.82, 2.24) is 15.0 Å². The third-order valence-electron chi connectivity index (χ3n) is 2.88. The van der Waals surface area contributed by atoms with Gasteiger partial charge in [0.25, 0.3) is 0 Å². The van der Waals surface area contributed by atoms with Gasteiger partial charge in [0.2, 0.25) is 6.08 Å². The molecule has 3 aromatic rings. The standard InChI is InChI=1S/C14H10N4O2/c1-9-6-12(15-8-19)14(20)13(7-9)18-16-10-4-2-3-5-11(10)17-18/h2-7,20H,1H3. The highest BCUT2D eigenvalue weighted by molar-refractivity contribution is 5.74. The van der Waals surface area contributed by atoms with Gasteiger partial charge in [-0.3, -0.25) is 0 Å². The van der Waals surface area contributed by atoms with Crippen LogP contribution in [0.25, 0.3) is 16.7 Å². The van der Waals surface area contributed by atoms with Crippen LogP contribution in [0, 0.1) is 6.92 Å². The number of rotatable bonds is 2. The first kappa shape index (κ1) is 12.1. The van der Waals surface area contributed by atoms with Gasteiger partial charge in [0.05, 0.1) is 0 Å². The van der Waals surface area contributed by atoms with Gasteiger partial charge in [0.1, 0.15) is 22.4 Å². The van der Waals surface area contributed by atoms with Crippen molar-refractivity contribution in [3.63, 3.8) is 0 Å². The maximum atomic E-state index is 10.4. The number of phenolic OH excluding ortho intramolecular Hbond substituents is 1. The van der Waals surface area contributed by atoms with Crippen LogP contribution >= 0.6 is 0 Å². The molecule has 1 heterocycles. The second-order valence-electron chi connectivity index (χ2n) is 4.33. The number of hydrogen-bond acceptors (Lipinski definition) is 5. The quantitative estimate of drug-likeness (QED) is 0.570.